The summed E-state index contributed by atoms with van der Waals surface area (Å²) in [4.78, 5) is 0. The highest BCUT2D eigenvalue weighted by Gasteiger charge is 2.13. The molecule has 18 heavy (non-hydrogen) atoms. The molecule has 0 aliphatic heterocycles. The predicted molar refractivity (Wildman–Crippen MR) is 63.1 cm³/mol. The number of rotatable bonds is 2. The van der Waals surface area contributed by atoms with Crippen molar-refractivity contribution in [2.75, 3.05) is 0 Å². The summed E-state index contributed by atoms with van der Waals surface area (Å²) in [7, 11) is 0. The Labute approximate surface area is 103 Å². The van der Waals surface area contributed by atoms with Gasteiger partial charge in [-0.15, -0.1) is 0 Å². The molecule has 0 radical (unpaired) electrons. The van der Waals surface area contributed by atoms with Gasteiger partial charge in [-0.1, -0.05) is 13.8 Å². The van der Waals surface area contributed by atoms with Gasteiger partial charge in [-0.2, -0.15) is 10.2 Å². The molecule has 0 saturated carbocycles. The van der Waals surface area contributed by atoms with Crippen molar-refractivity contribution in [3.8, 4) is 17.0 Å². The second-order valence-electron chi connectivity index (χ2n) is 4.28. The van der Waals surface area contributed by atoms with Gasteiger partial charge in [0.25, 0.3) is 0 Å². The third-order valence-electron chi connectivity index (χ3n) is 2.58. The molecule has 0 amide bonds. The smallest absolute Gasteiger partial charge is 0.168 e. The van der Waals surface area contributed by atoms with Crippen LogP contribution >= 0.6 is 0 Å². The van der Waals surface area contributed by atoms with Gasteiger partial charge in [-0.25, -0.2) is 8.78 Å². The summed E-state index contributed by atoms with van der Waals surface area (Å²) >= 11 is 0. The van der Waals surface area contributed by atoms with Crippen LogP contribution in [0.5, 0.6) is 5.75 Å². The van der Waals surface area contributed by atoms with E-state index in [1.807, 2.05) is 13.8 Å². The van der Waals surface area contributed by atoms with Crippen LogP contribution in [0.25, 0.3) is 11.3 Å². The van der Waals surface area contributed by atoms with Crippen LogP contribution in [-0.4, -0.2) is 15.3 Å². The number of halogens is 2. The zero-order chi connectivity index (χ0) is 13.3. The molecule has 0 saturated heterocycles. The molecule has 0 unspecified atom stereocenters. The van der Waals surface area contributed by atoms with E-state index in [2.05, 4.69) is 10.2 Å². The fourth-order valence-corrected chi connectivity index (χ4v) is 1.56. The van der Waals surface area contributed by atoms with Crippen molar-refractivity contribution in [1.29, 1.82) is 0 Å². The lowest BCUT2D eigenvalue weighted by molar-refractivity contribution is 0.430. The Morgan fingerprint density at radius 2 is 1.83 bits per heavy atom. The van der Waals surface area contributed by atoms with Gasteiger partial charge >= 0.3 is 0 Å². The Kier molecular flexibility index (Phi) is 3.23. The van der Waals surface area contributed by atoms with E-state index in [9.17, 15) is 13.9 Å². The second kappa shape index (κ2) is 4.68. The monoisotopic (exact) mass is 250 g/mol. The van der Waals surface area contributed by atoms with E-state index in [-0.39, 0.29) is 17.2 Å². The summed E-state index contributed by atoms with van der Waals surface area (Å²) in [6.45, 7) is 3.92. The molecule has 1 aromatic carbocycles. The maximum Gasteiger partial charge on any atom is 0.168 e. The minimum Gasteiger partial charge on any atom is -0.504 e. The number of benzene rings is 1. The zero-order valence-electron chi connectivity index (χ0n) is 9.98. The quantitative estimate of drug-likeness (QED) is 0.889. The van der Waals surface area contributed by atoms with E-state index in [0.717, 1.165) is 11.8 Å². The SMILES string of the molecule is CC(C)c1ccc(-c2cc(F)cc(F)c2O)nn1. The molecule has 2 rings (SSSR count). The Bertz CT molecular complexity index is 568. The van der Waals surface area contributed by atoms with E-state index >= 15 is 0 Å². The lowest BCUT2D eigenvalue weighted by Crippen LogP contribution is -1.97. The van der Waals surface area contributed by atoms with Gasteiger partial charge in [0, 0.05) is 11.6 Å². The molecule has 2 aromatic rings. The average Bonchev–Trinajstić information content (AvgIpc) is 2.34. The molecule has 0 aliphatic carbocycles. The largest absolute Gasteiger partial charge is 0.504 e. The molecule has 0 atom stereocenters. The molecule has 0 fully saturated rings. The van der Waals surface area contributed by atoms with Crippen LogP contribution in [0.15, 0.2) is 24.3 Å². The lowest BCUT2D eigenvalue weighted by atomic mass is 10.1. The van der Waals surface area contributed by atoms with E-state index in [1.54, 1.807) is 12.1 Å². The first-order chi connectivity index (χ1) is 8.49. The Hall–Kier alpha value is -2.04. The van der Waals surface area contributed by atoms with Crippen molar-refractivity contribution in [1.82, 2.24) is 10.2 Å². The topological polar surface area (TPSA) is 46.0 Å². The summed E-state index contributed by atoms with van der Waals surface area (Å²) in [6.07, 6.45) is 0. The molecule has 0 spiro atoms. The minimum absolute atomic E-state index is 0.00435. The highest BCUT2D eigenvalue weighted by atomic mass is 19.1. The molecule has 94 valence electrons. The molecule has 0 bridgehead atoms. The van der Waals surface area contributed by atoms with Crippen LogP contribution < -0.4 is 0 Å². The van der Waals surface area contributed by atoms with E-state index in [4.69, 9.17) is 0 Å². The molecular weight excluding hydrogens is 238 g/mol. The second-order valence-corrected chi connectivity index (χ2v) is 4.28. The standard InChI is InChI=1S/C13H12F2N2O/c1-7(2)11-3-4-12(17-16-11)9-5-8(14)6-10(15)13(9)18/h3-7,18H,1-2H3. The van der Waals surface area contributed by atoms with Gasteiger partial charge < -0.3 is 5.11 Å². The molecular formula is C13H12F2N2O. The van der Waals surface area contributed by atoms with Crippen LogP contribution in [0.3, 0.4) is 0 Å². The highest BCUT2D eigenvalue weighted by molar-refractivity contribution is 5.66. The predicted octanol–water partition coefficient (Wildman–Crippen LogP) is 3.25. The number of aromatic nitrogens is 2. The van der Waals surface area contributed by atoms with Crippen LogP contribution in [-0.2, 0) is 0 Å². The van der Waals surface area contributed by atoms with Crippen molar-refractivity contribution in [3.63, 3.8) is 0 Å². The first-order valence-electron chi connectivity index (χ1n) is 5.51. The normalized spacial score (nSPS) is 10.9. The number of hydrogen-bond donors (Lipinski definition) is 1. The molecule has 0 aliphatic rings. The lowest BCUT2D eigenvalue weighted by Gasteiger charge is -2.07. The Balaban J connectivity index is 2.49. The van der Waals surface area contributed by atoms with E-state index < -0.39 is 17.4 Å². The van der Waals surface area contributed by atoms with Crippen LogP contribution in [0.2, 0.25) is 0 Å². The van der Waals surface area contributed by atoms with Crippen molar-refractivity contribution >= 4 is 0 Å². The zero-order valence-corrected chi connectivity index (χ0v) is 9.98. The van der Waals surface area contributed by atoms with Crippen LogP contribution in [0, 0.1) is 11.6 Å². The third kappa shape index (κ3) is 2.30. The average molecular weight is 250 g/mol. The first-order valence-corrected chi connectivity index (χ1v) is 5.51. The highest BCUT2D eigenvalue weighted by Crippen LogP contribution is 2.31. The fraction of sp³-hybridized carbons (Fsp3) is 0.231. The van der Waals surface area contributed by atoms with Crippen LogP contribution in [0.1, 0.15) is 25.5 Å². The summed E-state index contributed by atoms with van der Waals surface area (Å²) in [6, 6.07) is 4.94. The molecule has 3 nitrogen and oxygen atoms in total. The van der Waals surface area contributed by atoms with E-state index in [1.165, 1.54) is 0 Å². The number of phenolic OH excluding ortho intramolecular Hbond substituents is 1. The van der Waals surface area contributed by atoms with Gasteiger partial charge in [0.1, 0.15) is 5.82 Å². The van der Waals surface area contributed by atoms with Crippen molar-refractivity contribution in [3.05, 3.63) is 41.6 Å². The van der Waals surface area contributed by atoms with E-state index in [0.29, 0.717) is 6.07 Å². The number of phenols is 1. The van der Waals surface area contributed by atoms with Gasteiger partial charge in [-0.3, -0.25) is 0 Å². The van der Waals surface area contributed by atoms with Crippen molar-refractivity contribution in [2.45, 2.75) is 19.8 Å². The van der Waals surface area contributed by atoms with Gasteiger partial charge in [0.15, 0.2) is 11.6 Å². The summed E-state index contributed by atoms with van der Waals surface area (Å²) in [5, 5.41) is 17.4. The van der Waals surface area contributed by atoms with Gasteiger partial charge in [0.2, 0.25) is 0 Å². The van der Waals surface area contributed by atoms with Crippen molar-refractivity contribution in [2.24, 2.45) is 0 Å². The Morgan fingerprint density at radius 3 is 2.39 bits per heavy atom. The van der Waals surface area contributed by atoms with Gasteiger partial charge in [-0.05, 0) is 24.1 Å². The molecule has 1 aromatic heterocycles. The summed E-state index contributed by atoms with van der Waals surface area (Å²) < 4.78 is 26.3. The number of aromatic hydroxyl groups is 1. The summed E-state index contributed by atoms with van der Waals surface area (Å²) in [5.41, 5.74) is 1.00. The number of hydrogen-bond acceptors (Lipinski definition) is 3. The fourth-order valence-electron chi connectivity index (χ4n) is 1.56. The van der Waals surface area contributed by atoms with Crippen molar-refractivity contribution < 1.29 is 13.9 Å². The Morgan fingerprint density at radius 1 is 1.11 bits per heavy atom. The minimum atomic E-state index is -1.01. The molecule has 1 heterocycles. The van der Waals surface area contributed by atoms with Gasteiger partial charge in [0.05, 0.1) is 11.4 Å². The summed E-state index contributed by atoms with van der Waals surface area (Å²) in [5.74, 6) is -2.19. The maximum atomic E-state index is 13.2. The number of nitrogens with zero attached hydrogens (tertiary/aromatic N) is 2. The third-order valence-corrected chi connectivity index (χ3v) is 2.58. The first kappa shape index (κ1) is 12.4. The molecule has 1 N–H and O–H groups in total. The molecule has 5 heteroatoms. The van der Waals surface area contributed by atoms with Crippen LogP contribution in [0.4, 0.5) is 8.78 Å². The maximum absolute atomic E-state index is 13.2.